The molecule has 0 aromatic rings. The first kappa shape index (κ1) is 30.8. The summed E-state index contributed by atoms with van der Waals surface area (Å²) >= 11 is 0. The average molecular weight is 418 g/mol. The predicted octanol–water partition coefficient (Wildman–Crippen LogP) is 5.94. The van der Waals surface area contributed by atoms with E-state index in [0.29, 0.717) is 0 Å². The first-order valence-corrected chi connectivity index (χ1v) is 6.09. The Kier molecular flexibility index (Phi) is 8.22. The summed E-state index contributed by atoms with van der Waals surface area (Å²) in [5, 5.41) is 0. The van der Waals surface area contributed by atoms with E-state index in [9.17, 15) is 50.4 Å². The van der Waals surface area contributed by atoms with Crippen LogP contribution in [-0.2, 0) is 34.1 Å². The third-order valence-electron chi connectivity index (χ3n) is 0. The normalized spacial score (nSPS) is 19.1. The van der Waals surface area contributed by atoms with Crippen LogP contribution in [0.4, 0.5) is 50.4 Å². The second-order valence-electron chi connectivity index (χ2n) is 1.92. The molecular weight excluding hydrogens is 416 g/mol. The van der Waals surface area contributed by atoms with Gasteiger partial charge in [0.15, 0.2) is 0 Å². The summed E-state index contributed by atoms with van der Waals surface area (Å²) in [4.78, 5) is 0. The van der Waals surface area contributed by atoms with Crippen LogP contribution in [0, 0.1) is 0 Å². The van der Waals surface area contributed by atoms with Gasteiger partial charge < -0.3 is 5.48 Å². The smallest absolute Gasteiger partial charge is 0 e. The largest absolute Gasteiger partial charge is 0.412 e. The Morgan fingerprint density at radius 2 is 0.353 bits per heavy atom. The number of halogens is 12. The average Bonchev–Trinajstić information content (AvgIpc) is 0.938. The first-order chi connectivity index (χ1) is 4.90. The molecule has 1 nitrogen and oxygen atoms in total. The molecule has 0 aromatic carbocycles. The molecule has 0 aromatic heterocycles. The van der Waals surface area contributed by atoms with Gasteiger partial charge in [-0.15, -0.1) is 0 Å². The molecule has 0 rings (SSSR count). The molecule has 0 unspecified atom stereocenters. The maximum absolute atomic E-state index is 10.7. The van der Waals surface area contributed by atoms with E-state index in [1.54, 1.807) is 0 Å². The van der Waals surface area contributed by atoms with Crippen LogP contribution in [0.5, 0.6) is 0 Å². The van der Waals surface area contributed by atoms with Crippen LogP contribution in [0.3, 0.4) is 0 Å². The van der Waals surface area contributed by atoms with Crippen molar-refractivity contribution in [2.24, 2.45) is 0 Å². The molecular formula is H2F12Mn2OP2-2. The van der Waals surface area contributed by atoms with E-state index < -0.39 is 15.6 Å². The van der Waals surface area contributed by atoms with Gasteiger partial charge in [0.25, 0.3) is 0 Å². The molecule has 0 saturated heterocycles. The van der Waals surface area contributed by atoms with E-state index in [4.69, 9.17) is 0 Å². The standard InChI is InChI=1S/2F6P.2Mn.H2O/c2*1-7(2,3,4,5)6;;;/h;;;;1H2/q2*-1;;;. The molecule has 0 aliphatic heterocycles. The van der Waals surface area contributed by atoms with Crippen molar-refractivity contribution in [2.45, 2.75) is 0 Å². The van der Waals surface area contributed by atoms with Crippen LogP contribution in [0.25, 0.3) is 0 Å². The van der Waals surface area contributed by atoms with Gasteiger partial charge in [-0.1, -0.05) is 0 Å². The fourth-order valence-electron chi connectivity index (χ4n) is 0. The van der Waals surface area contributed by atoms with E-state index >= 15 is 0 Å². The molecule has 0 spiro atoms. The van der Waals surface area contributed by atoms with Crippen LogP contribution in [-0.4, -0.2) is 5.48 Å². The van der Waals surface area contributed by atoms with Crippen molar-refractivity contribution in [1.29, 1.82) is 0 Å². The molecule has 2 radical (unpaired) electrons. The number of hydrogen-bond acceptors (Lipinski definition) is 0. The van der Waals surface area contributed by atoms with Crippen LogP contribution >= 0.6 is 15.6 Å². The zero-order valence-corrected chi connectivity index (χ0v) is 10.8. The zero-order chi connectivity index (χ0) is 12.8. The summed E-state index contributed by atoms with van der Waals surface area (Å²) in [7, 11) is -21.3. The molecule has 0 fully saturated rings. The van der Waals surface area contributed by atoms with Crippen molar-refractivity contribution in [3.05, 3.63) is 0 Å². The van der Waals surface area contributed by atoms with Gasteiger partial charge in [-0.05, 0) is 0 Å². The Morgan fingerprint density at radius 1 is 0.353 bits per heavy atom. The van der Waals surface area contributed by atoms with E-state index in [1.807, 2.05) is 0 Å². The molecule has 0 heterocycles. The maximum Gasteiger partial charge on any atom is 0 e. The van der Waals surface area contributed by atoms with E-state index in [0.717, 1.165) is 0 Å². The number of hydrogen-bond donors (Lipinski definition) is 0. The monoisotopic (exact) mass is 418 g/mol. The van der Waals surface area contributed by atoms with Crippen molar-refractivity contribution in [1.82, 2.24) is 0 Å². The summed E-state index contributed by atoms with van der Waals surface area (Å²) in [6.07, 6.45) is 0. The SMILES string of the molecule is F[P-](F)(F)(F)(F)F.F[P-](F)(F)(F)(F)F.O.[Mn].[Mn]. The Balaban J connectivity index is -0.0000000480. The minimum Gasteiger partial charge on any atom is -0.412 e. The van der Waals surface area contributed by atoms with Gasteiger partial charge in [0.05, 0.1) is 0 Å². The molecule has 17 heteroatoms. The molecule has 118 valence electrons. The Hall–Kier alpha value is 1.02. The van der Waals surface area contributed by atoms with Crippen molar-refractivity contribution in [3.63, 3.8) is 0 Å². The summed E-state index contributed by atoms with van der Waals surface area (Å²) in [5.41, 5.74) is 0. The molecule has 0 bridgehead atoms. The second kappa shape index (κ2) is 4.54. The molecule has 2 N–H and O–H groups in total. The Bertz CT molecular complexity index is 170. The summed E-state index contributed by atoms with van der Waals surface area (Å²) in [6.45, 7) is 0. The van der Waals surface area contributed by atoms with E-state index in [1.165, 1.54) is 0 Å². The minimum atomic E-state index is -10.7. The maximum atomic E-state index is 9.87. The van der Waals surface area contributed by atoms with Crippen molar-refractivity contribution in [2.75, 3.05) is 0 Å². The van der Waals surface area contributed by atoms with Crippen molar-refractivity contribution >= 4 is 15.6 Å². The van der Waals surface area contributed by atoms with Gasteiger partial charge in [-0.25, -0.2) is 0 Å². The topological polar surface area (TPSA) is 31.5 Å². The zero-order valence-electron chi connectivity index (χ0n) is 6.69. The van der Waals surface area contributed by atoms with E-state index in [2.05, 4.69) is 0 Å². The minimum absolute atomic E-state index is 0. The quantitative estimate of drug-likeness (QED) is 0.265. The second-order valence-corrected chi connectivity index (χ2v) is 5.75. The predicted molar refractivity (Wildman–Crippen MR) is 30.7 cm³/mol. The van der Waals surface area contributed by atoms with Gasteiger partial charge >= 0.3 is 66.0 Å². The molecule has 0 saturated carbocycles. The van der Waals surface area contributed by atoms with Crippen LogP contribution in [0.2, 0.25) is 0 Å². The molecule has 0 atom stereocenters. The molecule has 0 amide bonds. The van der Waals surface area contributed by atoms with Crippen LogP contribution in [0.1, 0.15) is 0 Å². The van der Waals surface area contributed by atoms with Crippen LogP contribution < -0.4 is 0 Å². The van der Waals surface area contributed by atoms with Crippen molar-refractivity contribution in [3.8, 4) is 0 Å². The van der Waals surface area contributed by atoms with E-state index in [-0.39, 0.29) is 39.6 Å². The molecule has 0 aliphatic carbocycles. The fraction of sp³-hybridized carbons (Fsp3) is 0. The molecule has 0 aliphatic rings. The Morgan fingerprint density at radius 3 is 0.353 bits per heavy atom. The van der Waals surface area contributed by atoms with Gasteiger partial charge in [-0.2, -0.15) is 0 Å². The third-order valence-corrected chi connectivity index (χ3v) is 0. The Labute approximate surface area is 106 Å². The third kappa shape index (κ3) is 3700. The van der Waals surface area contributed by atoms with Gasteiger partial charge in [0.2, 0.25) is 0 Å². The summed E-state index contributed by atoms with van der Waals surface area (Å²) in [6, 6.07) is 0. The number of rotatable bonds is 0. The summed E-state index contributed by atoms with van der Waals surface area (Å²) in [5.74, 6) is 0. The van der Waals surface area contributed by atoms with Gasteiger partial charge in [-0.3, -0.25) is 0 Å². The summed E-state index contributed by atoms with van der Waals surface area (Å²) < 4.78 is 118. The molecule has 17 heavy (non-hydrogen) atoms. The van der Waals surface area contributed by atoms with Gasteiger partial charge in [0, 0.05) is 34.1 Å². The van der Waals surface area contributed by atoms with Crippen molar-refractivity contribution < 1.29 is 90.0 Å². The van der Waals surface area contributed by atoms with Gasteiger partial charge in [0.1, 0.15) is 0 Å². The van der Waals surface area contributed by atoms with Crippen LogP contribution in [0.15, 0.2) is 0 Å². The first-order valence-electron chi connectivity index (χ1n) is 2.03. The fourth-order valence-corrected chi connectivity index (χ4v) is 0.